The average molecular weight is 284 g/mol. The number of aromatic nitrogens is 2. The van der Waals surface area contributed by atoms with Gasteiger partial charge in [0.1, 0.15) is 0 Å². The summed E-state index contributed by atoms with van der Waals surface area (Å²) in [4.78, 5) is 2.48. The van der Waals surface area contributed by atoms with E-state index in [1.54, 1.807) is 0 Å². The van der Waals surface area contributed by atoms with Crippen molar-refractivity contribution in [1.29, 1.82) is 0 Å². The summed E-state index contributed by atoms with van der Waals surface area (Å²) in [5, 5.41) is 4.69. The van der Waals surface area contributed by atoms with Gasteiger partial charge >= 0.3 is 0 Å². The van der Waals surface area contributed by atoms with E-state index >= 15 is 0 Å². The Hall–Kier alpha value is -1.65. The fraction of sp³-hybridized carbons (Fsp3) is 0.471. The van der Waals surface area contributed by atoms with Gasteiger partial charge in [-0.1, -0.05) is 31.5 Å². The van der Waals surface area contributed by atoms with E-state index in [2.05, 4.69) is 35.1 Å². The lowest BCUT2D eigenvalue weighted by molar-refractivity contribution is 0.144. The minimum Gasteiger partial charge on any atom is -0.327 e. The van der Waals surface area contributed by atoms with E-state index in [9.17, 15) is 0 Å². The molecule has 0 aliphatic carbocycles. The molecule has 2 atom stereocenters. The molecule has 1 saturated heterocycles. The molecule has 1 aliphatic rings. The number of nitrogens with zero attached hydrogens (tertiary/aromatic N) is 3. The molecule has 2 unspecified atom stereocenters. The van der Waals surface area contributed by atoms with E-state index in [1.165, 1.54) is 0 Å². The molecule has 0 spiro atoms. The molecule has 112 valence electrons. The van der Waals surface area contributed by atoms with Gasteiger partial charge in [-0.05, 0) is 30.5 Å². The number of piperidine rings is 1. The summed E-state index contributed by atoms with van der Waals surface area (Å²) in [7, 11) is 0. The lowest BCUT2D eigenvalue weighted by Gasteiger charge is -2.36. The van der Waals surface area contributed by atoms with Crippen molar-refractivity contribution in [3.05, 3.63) is 48.3 Å². The van der Waals surface area contributed by atoms with Gasteiger partial charge in [0.05, 0.1) is 11.4 Å². The fourth-order valence-corrected chi connectivity index (χ4v) is 3.10. The van der Waals surface area contributed by atoms with Crippen molar-refractivity contribution < 1.29 is 0 Å². The molecule has 0 radical (unpaired) electrons. The third kappa shape index (κ3) is 3.34. The number of likely N-dealkylation sites (tertiary alicyclic amines) is 1. The van der Waals surface area contributed by atoms with Crippen LogP contribution < -0.4 is 5.73 Å². The standard InChI is InChI=1S/C17H24N4/c1-2-14-12-20(10-9-17(14)18)13-15-8-11-21(19-15)16-6-4-3-5-7-16/h3-8,11,14,17H,2,9-10,12-13,18H2,1H3. The number of para-hydroxylation sites is 1. The summed E-state index contributed by atoms with van der Waals surface area (Å²) in [6, 6.07) is 12.7. The van der Waals surface area contributed by atoms with Crippen molar-refractivity contribution in [3.8, 4) is 5.69 Å². The van der Waals surface area contributed by atoms with Gasteiger partial charge in [-0.3, -0.25) is 4.90 Å². The number of benzene rings is 1. The second-order valence-electron chi connectivity index (χ2n) is 5.94. The van der Waals surface area contributed by atoms with Crippen molar-refractivity contribution >= 4 is 0 Å². The van der Waals surface area contributed by atoms with Crippen LogP contribution in [0.4, 0.5) is 0 Å². The van der Waals surface area contributed by atoms with Gasteiger partial charge in [0.2, 0.25) is 0 Å². The van der Waals surface area contributed by atoms with Crippen LogP contribution in [0, 0.1) is 5.92 Å². The molecule has 0 saturated carbocycles. The Morgan fingerprint density at radius 1 is 1.24 bits per heavy atom. The Bertz CT molecular complexity index is 563. The van der Waals surface area contributed by atoms with Crippen molar-refractivity contribution in [2.75, 3.05) is 13.1 Å². The van der Waals surface area contributed by atoms with Crippen LogP contribution in [0.1, 0.15) is 25.5 Å². The first-order chi connectivity index (χ1) is 10.3. The highest BCUT2D eigenvalue weighted by Crippen LogP contribution is 2.20. The third-order valence-electron chi connectivity index (χ3n) is 4.45. The molecule has 1 aromatic heterocycles. The monoisotopic (exact) mass is 284 g/mol. The minimum atomic E-state index is 0.369. The fourth-order valence-electron chi connectivity index (χ4n) is 3.10. The summed E-state index contributed by atoms with van der Waals surface area (Å²) in [5.74, 6) is 0.620. The Morgan fingerprint density at radius 3 is 2.81 bits per heavy atom. The molecule has 21 heavy (non-hydrogen) atoms. The van der Waals surface area contributed by atoms with Crippen molar-refractivity contribution in [1.82, 2.24) is 14.7 Å². The van der Waals surface area contributed by atoms with Crippen LogP contribution in [-0.2, 0) is 6.54 Å². The van der Waals surface area contributed by atoms with Crippen LogP contribution in [0.3, 0.4) is 0 Å². The first kappa shape index (κ1) is 14.3. The van der Waals surface area contributed by atoms with Gasteiger partial charge in [-0.25, -0.2) is 4.68 Å². The summed E-state index contributed by atoms with van der Waals surface area (Å²) >= 11 is 0. The second kappa shape index (κ2) is 6.41. The highest BCUT2D eigenvalue weighted by Gasteiger charge is 2.25. The quantitative estimate of drug-likeness (QED) is 0.938. The van der Waals surface area contributed by atoms with E-state index in [-0.39, 0.29) is 0 Å². The predicted octanol–water partition coefficient (Wildman–Crippen LogP) is 2.43. The van der Waals surface area contributed by atoms with E-state index in [0.717, 1.165) is 43.9 Å². The Kier molecular flexibility index (Phi) is 4.36. The van der Waals surface area contributed by atoms with Gasteiger partial charge in [0, 0.05) is 31.9 Å². The lowest BCUT2D eigenvalue weighted by atomic mass is 9.91. The zero-order chi connectivity index (χ0) is 14.7. The number of nitrogens with two attached hydrogens (primary N) is 1. The molecule has 3 rings (SSSR count). The second-order valence-corrected chi connectivity index (χ2v) is 5.94. The topological polar surface area (TPSA) is 47.1 Å². The summed E-state index contributed by atoms with van der Waals surface area (Å²) < 4.78 is 1.95. The molecule has 2 N–H and O–H groups in total. The number of hydrogen-bond acceptors (Lipinski definition) is 3. The van der Waals surface area contributed by atoms with Crippen molar-refractivity contribution in [2.24, 2.45) is 11.7 Å². The van der Waals surface area contributed by atoms with E-state index in [1.807, 2.05) is 29.1 Å². The van der Waals surface area contributed by atoms with Gasteiger partial charge in [-0.15, -0.1) is 0 Å². The maximum absolute atomic E-state index is 6.18. The van der Waals surface area contributed by atoms with Crippen molar-refractivity contribution in [3.63, 3.8) is 0 Å². The maximum Gasteiger partial charge on any atom is 0.0769 e. The van der Waals surface area contributed by atoms with E-state index in [4.69, 9.17) is 5.73 Å². The first-order valence-corrected chi connectivity index (χ1v) is 7.84. The summed E-state index contributed by atoms with van der Waals surface area (Å²) in [5.41, 5.74) is 8.41. The summed E-state index contributed by atoms with van der Waals surface area (Å²) in [6.07, 6.45) is 4.30. The third-order valence-corrected chi connectivity index (χ3v) is 4.45. The number of rotatable bonds is 4. The van der Waals surface area contributed by atoms with E-state index < -0.39 is 0 Å². The van der Waals surface area contributed by atoms with Crippen LogP contribution >= 0.6 is 0 Å². The lowest BCUT2D eigenvalue weighted by Crippen LogP contribution is -2.46. The molecule has 2 heterocycles. The van der Waals surface area contributed by atoms with Gasteiger partial charge in [-0.2, -0.15) is 5.10 Å². The van der Waals surface area contributed by atoms with Crippen LogP contribution in [0.2, 0.25) is 0 Å². The minimum absolute atomic E-state index is 0.369. The van der Waals surface area contributed by atoms with Crippen LogP contribution in [0.25, 0.3) is 5.69 Å². The molecule has 1 fully saturated rings. The average Bonchev–Trinajstić information content (AvgIpc) is 2.98. The smallest absolute Gasteiger partial charge is 0.0769 e. The van der Waals surface area contributed by atoms with Crippen molar-refractivity contribution in [2.45, 2.75) is 32.4 Å². The predicted molar refractivity (Wildman–Crippen MR) is 85.2 cm³/mol. The Balaban J connectivity index is 1.65. The SMILES string of the molecule is CCC1CN(Cc2ccn(-c3ccccc3)n2)CCC1N. The van der Waals surface area contributed by atoms with E-state index in [0.29, 0.717) is 12.0 Å². The Labute approximate surface area is 126 Å². The van der Waals surface area contributed by atoms with Crippen LogP contribution in [-0.4, -0.2) is 33.8 Å². The molecule has 0 bridgehead atoms. The van der Waals surface area contributed by atoms with Gasteiger partial charge in [0.15, 0.2) is 0 Å². The summed E-state index contributed by atoms with van der Waals surface area (Å²) in [6.45, 7) is 5.33. The van der Waals surface area contributed by atoms with Crippen LogP contribution in [0.15, 0.2) is 42.6 Å². The molecule has 2 aromatic rings. The van der Waals surface area contributed by atoms with Crippen LogP contribution in [0.5, 0.6) is 0 Å². The molecule has 1 aliphatic heterocycles. The molecular weight excluding hydrogens is 260 g/mol. The van der Waals surface area contributed by atoms with Gasteiger partial charge in [0.25, 0.3) is 0 Å². The highest BCUT2D eigenvalue weighted by atomic mass is 15.3. The first-order valence-electron chi connectivity index (χ1n) is 7.84. The molecular formula is C17H24N4. The molecule has 1 aromatic carbocycles. The molecule has 4 nitrogen and oxygen atoms in total. The normalized spacial score (nSPS) is 23.3. The number of hydrogen-bond donors (Lipinski definition) is 1. The Morgan fingerprint density at radius 2 is 2.05 bits per heavy atom. The zero-order valence-corrected chi connectivity index (χ0v) is 12.7. The molecule has 0 amide bonds. The molecule has 4 heteroatoms. The van der Waals surface area contributed by atoms with Gasteiger partial charge < -0.3 is 5.73 Å². The maximum atomic E-state index is 6.18. The zero-order valence-electron chi connectivity index (χ0n) is 12.7. The highest BCUT2D eigenvalue weighted by molar-refractivity contribution is 5.30. The largest absolute Gasteiger partial charge is 0.327 e.